The van der Waals surface area contributed by atoms with Gasteiger partial charge in [-0.25, -0.2) is 0 Å². The molecule has 106 valence electrons. The Morgan fingerprint density at radius 2 is 2.11 bits per heavy atom. The third kappa shape index (κ3) is 3.30. The van der Waals surface area contributed by atoms with Crippen molar-refractivity contribution < 1.29 is 0 Å². The number of piperidine rings is 1. The first-order chi connectivity index (χ1) is 9.13. The van der Waals surface area contributed by atoms with Crippen LogP contribution in [0.25, 0.3) is 0 Å². The van der Waals surface area contributed by atoms with Gasteiger partial charge in [0.25, 0.3) is 0 Å². The fourth-order valence-corrected chi connectivity index (χ4v) is 3.07. The maximum Gasteiger partial charge on any atom is 0.0414 e. The zero-order chi connectivity index (χ0) is 13.8. The Kier molecular flexibility index (Phi) is 4.87. The number of benzene rings is 1. The molecule has 1 aliphatic rings. The molecule has 2 rings (SSSR count). The van der Waals surface area contributed by atoms with Crippen LogP contribution in [0, 0.1) is 12.8 Å². The van der Waals surface area contributed by atoms with E-state index in [2.05, 4.69) is 56.1 Å². The lowest BCUT2D eigenvalue weighted by molar-refractivity contribution is 0.363. The maximum absolute atomic E-state index is 3.47. The fourth-order valence-electron chi connectivity index (χ4n) is 3.07. The number of nitrogens with zero attached hydrogens (tertiary/aromatic N) is 1. The van der Waals surface area contributed by atoms with Crippen molar-refractivity contribution in [1.29, 1.82) is 0 Å². The lowest BCUT2D eigenvalue weighted by Gasteiger charge is -2.40. The summed E-state index contributed by atoms with van der Waals surface area (Å²) >= 11 is 0. The number of aryl methyl sites for hydroxylation is 1. The van der Waals surface area contributed by atoms with Crippen LogP contribution in [-0.4, -0.2) is 19.1 Å². The molecule has 2 unspecified atom stereocenters. The normalized spacial score (nSPS) is 23.7. The summed E-state index contributed by atoms with van der Waals surface area (Å²) in [5.41, 5.74) is 4.24. The van der Waals surface area contributed by atoms with E-state index in [0.717, 1.165) is 19.0 Å². The quantitative estimate of drug-likeness (QED) is 0.887. The molecule has 1 aromatic rings. The second-order valence-corrected chi connectivity index (χ2v) is 5.97. The van der Waals surface area contributed by atoms with E-state index >= 15 is 0 Å². The summed E-state index contributed by atoms with van der Waals surface area (Å²) in [7, 11) is 0. The van der Waals surface area contributed by atoms with E-state index in [1.807, 2.05) is 0 Å². The van der Waals surface area contributed by atoms with Gasteiger partial charge < -0.3 is 10.2 Å². The van der Waals surface area contributed by atoms with Crippen LogP contribution in [0.2, 0.25) is 0 Å². The largest absolute Gasteiger partial charge is 0.368 e. The van der Waals surface area contributed by atoms with Crippen molar-refractivity contribution in [2.24, 2.45) is 5.92 Å². The molecule has 1 aromatic carbocycles. The van der Waals surface area contributed by atoms with Crippen LogP contribution in [0.5, 0.6) is 0 Å². The number of anilines is 1. The molecule has 19 heavy (non-hydrogen) atoms. The van der Waals surface area contributed by atoms with E-state index in [-0.39, 0.29) is 0 Å². The van der Waals surface area contributed by atoms with E-state index < -0.39 is 0 Å². The molecule has 0 aromatic heterocycles. The lowest BCUT2D eigenvalue weighted by Crippen LogP contribution is -2.43. The third-order valence-electron chi connectivity index (χ3n) is 4.48. The minimum absolute atomic E-state index is 0.650. The molecule has 0 radical (unpaired) electrons. The van der Waals surface area contributed by atoms with Gasteiger partial charge in [-0.15, -0.1) is 0 Å². The first kappa shape index (κ1) is 14.4. The average molecular weight is 260 g/mol. The highest BCUT2D eigenvalue weighted by Crippen LogP contribution is 2.31. The first-order valence-corrected chi connectivity index (χ1v) is 7.70. The van der Waals surface area contributed by atoms with E-state index in [4.69, 9.17) is 0 Å². The van der Waals surface area contributed by atoms with Gasteiger partial charge in [-0.2, -0.15) is 0 Å². The summed E-state index contributed by atoms with van der Waals surface area (Å²) in [6, 6.07) is 7.55. The van der Waals surface area contributed by atoms with Gasteiger partial charge >= 0.3 is 0 Å². The van der Waals surface area contributed by atoms with Crippen LogP contribution >= 0.6 is 0 Å². The molecule has 1 heterocycles. The van der Waals surface area contributed by atoms with Crippen LogP contribution in [0.4, 0.5) is 5.69 Å². The molecule has 0 saturated carbocycles. The summed E-state index contributed by atoms with van der Waals surface area (Å²) in [4.78, 5) is 2.61. The first-order valence-electron chi connectivity index (χ1n) is 7.70. The minimum Gasteiger partial charge on any atom is -0.368 e. The zero-order valence-electron chi connectivity index (χ0n) is 12.9. The standard InChI is InChI=1S/C17H28N2/c1-5-18-12-16-11-13(2)8-9-17(16)19-10-6-7-14(3)15(19)4/h8-9,11,14-15,18H,5-7,10,12H2,1-4H3. The van der Waals surface area contributed by atoms with Crippen LogP contribution in [0.3, 0.4) is 0 Å². The molecule has 1 saturated heterocycles. The van der Waals surface area contributed by atoms with Crippen LogP contribution in [0.1, 0.15) is 44.7 Å². The Morgan fingerprint density at radius 1 is 1.32 bits per heavy atom. The van der Waals surface area contributed by atoms with Crippen LogP contribution in [-0.2, 0) is 6.54 Å². The van der Waals surface area contributed by atoms with Crippen molar-refractivity contribution in [3.63, 3.8) is 0 Å². The molecular weight excluding hydrogens is 232 g/mol. The SMILES string of the molecule is CCNCc1cc(C)ccc1N1CCCC(C)C1C. The number of hydrogen-bond acceptors (Lipinski definition) is 2. The summed E-state index contributed by atoms with van der Waals surface area (Å²) in [5, 5.41) is 3.47. The Morgan fingerprint density at radius 3 is 2.84 bits per heavy atom. The highest BCUT2D eigenvalue weighted by Gasteiger charge is 2.26. The van der Waals surface area contributed by atoms with Gasteiger partial charge in [0, 0.05) is 24.8 Å². The lowest BCUT2D eigenvalue weighted by atomic mass is 9.91. The smallest absolute Gasteiger partial charge is 0.0414 e. The molecule has 1 fully saturated rings. The molecule has 0 spiro atoms. The van der Waals surface area contributed by atoms with Gasteiger partial charge in [0.2, 0.25) is 0 Å². The van der Waals surface area contributed by atoms with Crippen molar-refractivity contribution in [3.05, 3.63) is 29.3 Å². The highest BCUT2D eigenvalue weighted by atomic mass is 15.2. The van der Waals surface area contributed by atoms with Gasteiger partial charge in [-0.3, -0.25) is 0 Å². The van der Waals surface area contributed by atoms with E-state index in [1.54, 1.807) is 0 Å². The van der Waals surface area contributed by atoms with Crippen LogP contribution in [0.15, 0.2) is 18.2 Å². The van der Waals surface area contributed by atoms with Gasteiger partial charge in [0.05, 0.1) is 0 Å². The molecule has 0 aliphatic carbocycles. The Labute approximate surface area is 118 Å². The molecule has 2 atom stereocenters. The minimum atomic E-state index is 0.650. The predicted octanol–water partition coefficient (Wildman–Crippen LogP) is 3.73. The van der Waals surface area contributed by atoms with Crippen molar-refractivity contribution in [1.82, 2.24) is 5.32 Å². The molecule has 1 aliphatic heterocycles. The third-order valence-corrected chi connectivity index (χ3v) is 4.48. The average Bonchev–Trinajstić information content (AvgIpc) is 2.40. The Hall–Kier alpha value is -1.02. The fraction of sp³-hybridized carbons (Fsp3) is 0.647. The number of hydrogen-bond donors (Lipinski definition) is 1. The van der Waals surface area contributed by atoms with Crippen molar-refractivity contribution >= 4 is 5.69 Å². The molecule has 0 amide bonds. The van der Waals surface area contributed by atoms with E-state index in [1.165, 1.54) is 36.2 Å². The Balaban J connectivity index is 2.26. The number of rotatable bonds is 4. The second kappa shape index (κ2) is 6.42. The van der Waals surface area contributed by atoms with Crippen LogP contribution < -0.4 is 10.2 Å². The van der Waals surface area contributed by atoms with Crippen molar-refractivity contribution in [3.8, 4) is 0 Å². The van der Waals surface area contributed by atoms with Gasteiger partial charge in [0.15, 0.2) is 0 Å². The molecule has 2 heteroatoms. The van der Waals surface area contributed by atoms with Gasteiger partial charge in [0.1, 0.15) is 0 Å². The maximum atomic E-state index is 3.47. The van der Waals surface area contributed by atoms with E-state index in [9.17, 15) is 0 Å². The van der Waals surface area contributed by atoms with Crippen molar-refractivity contribution in [2.75, 3.05) is 18.0 Å². The van der Waals surface area contributed by atoms with Crippen molar-refractivity contribution in [2.45, 2.75) is 53.1 Å². The predicted molar refractivity (Wildman–Crippen MR) is 83.8 cm³/mol. The Bertz CT molecular complexity index is 414. The summed E-state index contributed by atoms with van der Waals surface area (Å²) < 4.78 is 0. The summed E-state index contributed by atoms with van der Waals surface area (Å²) in [5.74, 6) is 0.794. The highest BCUT2D eigenvalue weighted by molar-refractivity contribution is 5.56. The topological polar surface area (TPSA) is 15.3 Å². The molecule has 2 nitrogen and oxygen atoms in total. The zero-order valence-corrected chi connectivity index (χ0v) is 12.9. The number of nitrogens with one attached hydrogen (secondary N) is 1. The second-order valence-electron chi connectivity index (χ2n) is 5.97. The summed E-state index contributed by atoms with van der Waals surface area (Å²) in [6.45, 7) is 12.3. The van der Waals surface area contributed by atoms with Gasteiger partial charge in [-0.1, -0.05) is 31.5 Å². The van der Waals surface area contributed by atoms with E-state index in [0.29, 0.717) is 6.04 Å². The molecule has 0 bridgehead atoms. The monoisotopic (exact) mass is 260 g/mol. The van der Waals surface area contributed by atoms with Gasteiger partial charge in [-0.05, 0) is 50.8 Å². The molecular formula is C17H28N2. The summed E-state index contributed by atoms with van der Waals surface area (Å²) in [6.07, 6.45) is 2.69. The molecule has 1 N–H and O–H groups in total.